The summed E-state index contributed by atoms with van der Waals surface area (Å²) in [7, 11) is 0. The lowest BCUT2D eigenvalue weighted by atomic mass is 9.67. The fourth-order valence-electron chi connectivity index (χ4n) is 5.44. The summed E-state index contributed by atoms with van der Waals surface area (Å²) >= 11 is 0. The number of alkyl halides is 2. The smallest absolute Gasteiger partial charge is 0.241 e. The molecule has 1 nitrogen and oxygen atoms in total. The number of rotatable bonds is 8. The molecule has 0 N–H and O–H groups in total. The summed E-state index contributed by atoms with van der Waals surface area (Å²) in [6.07, 6.45) is 7.40. The highest BCUT2D eigenvalue weighted by Crippen LogP contribution is 2.45. The first-order valence-corrected chi connectivity index (χ1v) is 11.5. The number of benzene rings is 1. The van der Waals surface area contributed by atoms with Crippen LogP contribution in [0.1, 0.15) is 77.6 Å². The molecule has 1 aromatic carbocycles. The van der Waals surface area contributed by atoms with Crippen LogP contribution in [0.2, 0.25) is 0 Å². The Bertz CT molecular complexity index is 672. The zero-order valence-electron chi connectivity index (χ0n) is 17.7. The third kappa shape index (κ3) is 5.67. The standard InChI is InChI=1S/C24H33F5O/c1-2-3-4-5-15-6-8-16(9-7-15)18-11-10-17(24(28)29)14-21(18)30-20-13-12-19(25)22(26)23(20)27/h12-13,15-18,21,24H,2-11,14H2,1H3/t15?,16?,17?,18-,21?/m1/s1. The molecule has 0 saturated heterocycles. The SMILES string of the molecule is CCCCCC1CCC([C@H]2CCC(C(F)F)CC2Oc2ccc(F)c(F)c2F)CC1. The summed E-state index contributed by atoms with van der Waals surface area (Å²) in [6, 6.07) is 1.87. The maximum Gasteiger partial charge on any atom is 0.241 e. The van der Waals surface area contributed by atoms with Crippen LogP contribution in [0.25, 0.3) is 0 Å². The van der Waals surface area contributed by atoms with Gasteiger partial charge in [-0.25, -0.2) is 17.6 Å². The lowest BCUT2D eigenvalue weighted by Crippen LogP contribution is -2.41. The second-order valence-electron chi connectivity index (χ2n) is 9.18. The second kappa shape index (κ2) is 10.8. The van der Waals surface area contributed by atoms with Crippen LogP contribution >= 0.6 is 0 Å². The number of unbranched alkanes of at least 4 members (excludes halogenated alkanes) is 2. The van der Waals surface area contributed by atoms with Gasteiger partial charge in [0.15, 0.2) is 17.4 Å². The maximum atomic E-state index is 14.2. The first kappa shape index (κ1) is 23.3. The van der Waals surface area contributed by atoms with E-state index in [2.05, 4.69) is 6.92 Å². The molecule has 2 saturated carbocycles. The first-order valence-electron chi connectivity index (χ1n) is 11.5. The Morgan fingerprint density at radius 3 is 2.33 bits per heavy atom. The monoisotopic (exact) mass is 432 g/mol. The van der Waals surface area contributed by atoms with Crippen molar-refractivity contribution in [1.82, 2.24) is 0 Å². The van der Waals surface area contributed by atoms with Gasteiger partial charge in [0.25, 0.3) is 0 Å². The number of hydrogen-bond acceptors (Lipinski definition) is 1. The van der Waals surface area contributed by atoms with Gasteiger partial charge in [0.1, 0.15) is 6.10 Å². The summed E-state index contributed by atoms with van der Waals surface area (Å²) in [4.78, 5) is 0. The summed E-state index contributed by atoms with van der Waals surface area (Å²) < 4.78 is 73.5. The van der Waals surface area contributed by atoms with E-state index in [0.29, 0.717) is 18.8 Å². The molecule has 0 aromatic heterocycles. The summed E-state index contributed by atoms with van der Waals surface area (Å²) in [5.41, 5.74) is 0. The number of ether oxygens (including phenoxy) is 1. The van der Waals surface area contributed by atoms with Crippen LogP contribution in [-0.4, -0.2) is 12.5 Å². The van der Waals surface area contributed by atoms with Gasteiger partial charge in [-0.05, 0) is 62.0 Å². The summed E-state index contributed by atoms with van der Waals surface area (Å²) in [5, 5.41) is 0. The van der Waals surface area contributed by atoms with Crippen molar-refractivity contribution in [2.24, 2.45) is 23.7 Å². The Hall–Kier alpha value is -1.33. The Morgan fingerprint density at radius 1 is 0.933 bits per heavy atom. The van der Waals surface area contributed by atoms with Crippen LogP contribution in [0.15, 0.2) is 12.1 Å². The second-order valence-corrected chi connectivity index (χ2v) is 9.18. The minimum atomic E-state index is -2.46. The van der Waals surface area contributed by atoms with E-state index in [9.17, 15) is 22.0 Å². The molecular weight excluding hydrogens is 399 g/mol. The molecule has 3 atom stereocenters. The van der Waals surface area contributed by atoms with Gasteiger partial charge in [0, 0.05) is 5.92 Å². The van der Waals surface area contributed by atoms with Crippen LogP contribution in [0.4, 0.5) is 22.0 Å². The van der Waals surface area contributed by atoms with Crippen molar-refractivity contribution < 1.29 is 26.7 Å². The Balaban J connectivity index is 1.67. The van der Waals surface area contributed by atoms with E-state index in [1.54, 1.807) is 0 Å². The molecule has 170 valence electrons. The molecule has 0 heterocycles. The van der Waals surface area contributed by atoms with Gasteiger partial charge in [-0.2, -0.15) is 4.39 Å². The average Bonchev–Trinajstić information content (AvgIpc) is 2.75. The average molecular weight is 433 g/mol. The molecule has 0 amide bonds. The summed E-state index contributed by atoms with van der Waals surface area (Å²) in [5.74, 6) is -4.31. The normalized spacial score (nSPS) is 29.9. The van der Waals surface area contributed by atoms with Gasteiger partial charge in [-0.15, -0.1) is 0 Å². The highest BCUT2D eigenvalue weighted by Gasteiger charge is 2.41. The van der Waals surface area contributed by atoms with Gasteiger partial charge in [-0.3, -0.25) is 0 Å². The lowest BCUT2D eigenvalue weighted by Gasteiger charge is -2.42. The Labute approximate surface area is 176 Å². The number of halogens is 5. The van der Waals surface area contributed by atoms with Crippen molar-refractivity contribution in [2.75, 3.05) is 0 Å². The molecule has 2 unspecified atom stereocenters. The molecule has 0 aliphatic heterocycles. The van der Waals surface area contributed by atoms with E-state index in [4.69, 9.17) is 4.74 Å². The highest BCUT2D eigenvalue weighted by atomic mass is 19.3. The van der Waals surface area contributed by atoms with Crippen LogP contribution in [0.5, 0.6) is 5.75 Å². The summed E-state index contributed by atoms with van der Waals surface area (Å²) in [6.45, 7) is 2.20. The van der Waals surface area contributed by atoms with Gasteiger partial charge >= 0.3 is 0 Å². The van der Waals surface area contributed by atoms with Crippen molar-refractivity contribution in [1.29, 1.82) is 0 Å². The maximum absolute atomic E-state index is 14.2. The largest absolute Gasteiger partial charge is 0.487 e. The highest BCUT2D eigenvalue weighted by molar-refractivity contribution is 5.26. The predicted molar refractivity (Wildman–Crippen MR) is 107 cm³/mol. The van der Waals surface area contributed by atoms with Crippen LogP contribution in [0, 0.1) is 41.1 Å². The van der Waals surface area contributed by atoms with Crippen molar-refractivity contribution in [3.05, 3.63) is 29.6 Å². The lowest BCUT2D eigenvalue weighted by molar-refractivity contribution is -0.0305. The molecular formula is C24H33F5O. The van der Waals surface area contributed by atoms with Crippen LogP contribution in [-0.2, 0) is 0 Å². The molecule has 30 heavy (non-hydrogen) atoms. The molecule has 0 radical (unpaired) electrons. The fraction of sp³-hybridized carbons (Fsp3) is 0.750. The topological polar surface area (TPSA) is 9.23 Å². The van der Waals surface area contributed by atoms with Crippen molar-refractivity contribution in [2.45, 2.75) is 90.1 Å². The van der Waals surface area contributed by atoms with Gasteiger partial charge in [0.2, 0.25) is 12.2 Å². The first-order chi connectivity index (χ1) is 14.4. The van der Waals surface area contributed by atoms with Gasteiger partial charge < -0.3 is 4.74 Å². The van der Waals surface area contributed by atoms with E-state index in [-0.39, 0.29) is 18.1 Å². The third-order valence-corrected chi connectivity index (χ3v) is 7.23. The van der Waals surface area contributed by atoms with Crippen LogP contribution < -0.4 is 4.74 Å². The van der Waals surface area contributed by atoms with Crippen LogP contribution in [0.3, 0.4) is 0 Å². The Morgan fingerprint density at radius 2 is 1.67 bits per heavy atom. The van der Waals surface area contributed by atoms with E-state index in [1.165, 1.54) is 25.7 Å². The molecule has 0 spiro atoms. The van der Waals surface area contributed by atoms with Crippen molar-refractivity contribution in [3.63, 3.8) is 0 Å². The molecule has 1 aromatic rings. The van der Waals surface area contributed by atoms with Gasteiger partial charge in [0.05, 0.1) is 0 Å². The minimum Gasteiger partial charge on any atom is -0.487 e. The quantitative estimate of drug-likeness (QED) is 0.230. The zero-order chi connectivity index (χ0) is 21.7. The van der Waals surface area contributed by atoms with Crippen molar-refractivity contribution >= 4 is 0 Å². The van der Waals surface area contributed by atoms with E-state index >= 15 is 0 Å². The van der Waals surface area contributed by atoms with Crippen molar-refractivity contribution in [3.8, 4) is 5.75 Å². The third-order valence-electron chi connectivity index (χ3n) is 7.23. The zero-order valence-corrected chi connectivity index (χ0v) is 17.7. The molecule has 6 heteroatoms. The van der Waals surface area contributed by atoms with Gasteiger partial charge in [-0.1, -0.05) is 45.4 Å². The predicted octanol–water partition coefficient (Wildman–Crippen LogP) is 7.92. The van der Waals surface area contributed by atoms with E-state index in [1.807, 2.05) is 0 Å². The minimum absolute atomic E-state index is 0.0455. The fourth-order valence-corrected chi connectivity index (χ4v) is 5.44. The molecule has 2 fully saturated rings. The molecule has 2 aliphatic rings. The Kier molecular flexibility index (Phi) is 8.41. The van der Waals surface area contributed by atoms with E-state index in [0.717, 1.165) is 43.7 Å². The molecule has 2 aliphatic carbocycles. The van der Waals surface area contributed by atoms with E-state index < -0.39 is 35.9 Å². The number of hydrogen-bond donors (Lipinski definition) is 0. The molecule has 0 bridgehead atoms. The molecule has 3 rings (SSSR count).